The quantitative estimate of drug-likeness (QED) is 0.891. The predicted molar refractivity (Wildman–Crippen MR) is 72.9 cm³/mol. The first-order chi connectivity index (χ1) is 8.76. The summed E-state index contributed by atoms with van der Waals surface area (Å²) in [6.07, 6.45) is 0.343. The van der Waals surface area contributed by atoms with E-state index in [2.05, 4.69) is 13.0 Å². The van der Waals surface area contributed by atoms with Gasteiger partial charge in [0.1, 0.15) is 11.9 Å². The second-order valence-electron chi connectivity index (χ2n) is 4.23. The Hall–Kier alpha value is -1.80. The third-order valence-corrected chi connectivity index (χ3v) is 3.16. The molecule has 1 atom stereocenters. The summed E-state index contributed by atoms with van der Waals surface area (Å²) in [6.45, 7) is 2.10. The van der Waals surface area contributed by atoms with E-state index in [1.54, 1.807) is 7.11 Å². The van der Waals surface area contributed by atoms with Gasteiger partial charge >= 0.3 is 0 Å². The van der Waals surface area contributed by atoms with Crippen LogP contribution in [0.2, 0.25) is 0 Å². The first-order valence-electron chi connectivity index (χ1n) is 6.16. The van der Waals surface area contributed by atoms with Gasteiger partial charge in [-0.05, 0) is 35.2 Å². The molecule has 2 nitrogen and oxygen atoms in total. The molecular weight excluding hydrogens is 224 g/mol. The van der Waals surface area contributed by atoms with Crippen LogP contribution >= 0.6 is 0 Å². The van der Waals surface area contributed by atoms with E-state index in [0.29, 0.717) is 0 Å². The highest BCUT2D eigenvalue weighted by Crippen LogP contribution is 2.26. The Morgan fingerprint density at radius 1 is 1.06 bits per heavy atom. The standard InChI is InChI=1S/C16H18O2/c1-3-12-6-4-5-7-15(12)16(17)13-8-10-14(18-2)11-9-13/h4-11,16-17H,3H2,1-2H3. The lowest BCUT2D eigenvalue weighted by molar-refractivity contribution is 0.219. The summed E-state index contributed by atoms with van der Waals surface area (Å²) in [7, 11) is 1.64. The Morgan fingerprint density at radius 3 is 2.33 bits per heavy atom. The fourth-order valence-electron chi connectivity index (χ4n) is 2.09. The molecule has 0 aliphatic carbocycles. The number of hydrogen-bond donors (Lipinski definition) is 1. The maximum Gasteiger partial charge on any atom is 0.118 e. The smallest absolute Gasteiger partial charge is 0.118 e. The lowest BCUT2D eigenvalue weighted by Crippen LogP contribution is -2.03. The van der Waals surface area contributed by atoms with Crippen LogP contribution in [-0.4, -0.2) is 12.2 Å². The van der Waals surface area contributed by atoms with E-state index in [0.717, 1.165) is 23.3 Å². The summed E-state index contributed by atoms with van der Waals surface area (Å²) >= 11 is 0. The zero-order valence-electron chi connectivity index (χ0n) is 10.8. The summed E-state index contributed by atoms with van der Waals surface area (Å²) < 4.78 is 5.12. The molecule has 0 radical (unpaired) electrons. The molecule has 2 heteroatoms. The molecule has 1 N–H and O–H groups in total. The molecule has 0 saturated carbocycles. The molecule has 94 valence electrons. The number of aryl methyl sites for hydroxylation is 1. The molecule has 18 heavy (non-hydrogen) atoms. The van der Waals surface area contributed by atoms with Gasteiger partial charge in [0.15, 0.2) is 0 Å². The van der Waals surface area contributed by atoms with Crippen molar-refractivity contribution in [1.82, 2.24) is 0 Å². The molecule has 0 fully saturated rings. The minimum atomic E-state index is -0.577. The Kier molecular flexibility index (Phi) is 4.00. The van der Waals surface area contributed by atoms with Gasteiger partial charge in [0.05, 0.1) is 7.11 Å². The van der Waals surface area contributed by atoms with Gasteiger partial charge in [0.25, 0.3) is 0 Å². The number of benzene rings is 2. The summed E-state index contributed by atoms with van der Waals surface area (Å²) in [4.78, 5) is 0. The Labute approximate surface area is 108 Å². The van der Waals surface area contributed by atoms with Crippen molar-refractivity contribution in [3.05, 3.63) is 65.2 Å². The van der Waals surface area contributed by atoms with Crippen LogP contribution in [-0.2, 0) is 6.42 Å². The molecule has 2 aromatic rings. The first kappa shape index (κ1) is 12.7. The zero-order valence-corrected chi connectivity index (χ0v) is 10.8. The average molecular weight is 242 g/mol. The highest BCUT2D eigenvalue weighted by atomic mass is 16.5. The molecule has 0 aliphatic rings. The number of rotatable bonds is 4. The molecule has 1 unspecified atom stereocenters. The van der Waals surface area contributed by atoms with Gasteiger partial charge in [0.2, 0.25) is 0 Å². The van der Waals surface area contributed by atoms with Gasteiger partial charge in [-0.2, -0.15) is 0 Å². The van der Waals surface area contributed by atoms with Gasteiger partial charge in [0, 0.05) is 0 Å². The topological polar surface area (TPSA) is 29.5 Å². The van der Waals surface area contributed by atoms with Crippen LogP contribution in [0, 0.1) is 0 Å². The molecule has 2 rings (SSSR count). The van der Waals surface area contributed by atoms with Crippen molar-refractivity contribution in [2.75, 3.05) is 7.11 Å². The summed E-state index contributed by atoms with van der Waals surface area (Å²) in [6, 6.07) is 15.5. The number of hydrogen-bond acceptors (Lipinski definition) is 2. The molecule has 2 aromatic carbocycles. The Morgan fingerprint density at radius 2 is 1.72 bits per heavy atom. The SMILES string of the molecule is CCc1ccccc1C(O)c1ccc(OC)cc1. The minimum Gasteiger partial charge on any atom is -0.497 e. The zero-order chi connectivity index (χ0) is 13.0. The summed E-state index contributed by atoms with van der Waals surface area (Å²) in [5.41, 5.74) is 3.04. The maximum absolute atomic E-state index is 10.4. The third-order valence-electron chi connectivity index (χ3n) is 3.16. The molecule has 0 heterocycles. The van der Waals surface area contributed by atoms with Crippen LogP contribution in [0.4, 0.5) is 0 Å². The molecule has 0 saturated heterocycles. The van der Waals surface area contributed by atoms with Crippen molar-refractivity contribution in [1.29, 1.82) is 0 Å². The van der Waals surface area contributed by atoms with Crippen molar-refractivity contribution < 1.29 is 9.84 Å². The van der Waals surface area contributed by atoms with Crippen molar-refractivity contribution in [3.63, 3.8) is 0 Å². The van der Waals surface area contributed by atoms with Crippen molar-refractivity contribution in [2.45, 2.75) is 19.4 Å². The van der Waals surface area contributed by atoms with E-state index in [1.165, 1.54) is 5.56 Å². The number of aliphatic hydroxyl groups excluding tert-OH is 1. The Bertz CT molecular complexity index is 503. The Balaban J connectivity index is 2.31. The van der Waals surface area contributed by atoms with E-state index >= 15 is 0 Å². The van der Waals surface area contributed by atoms with E-state index in [9.17, 15) is 5.11 Å². The van der Waals surface area contributed by atoms with E-state index in [4.69, 9.17) is 4.74 Å². The normalized spacial score (nSPS) is 12.2. The first-order valence-corrected chi connectivity index (χ1v) is 6.16. The second-order valence-corrected chi connectivity index (χ2v) is 4.23. The number of ether oxygens (including phenoxy) is 1. The van der Waals surface area contributed by atoms with Crippen LogP contribution in [0.3, 0.4) is 0 Å². The van der Waals surface area contributed by atoms with Gasteiger partial charge in [-0.3, -0.25) is 0 Å². The summed E-state index contributed by atoms with van der Waals surface area (Å²) in [5.74, 6) is 0.801. The lowest BCUT2D eigenvalue weighted by Gasteiger charge is -2.15. The molecule has 0 aliphatic heterocycles. The van der Waals surface area contributed by atoms with E-state index < -0.39 is 6.10 Å². The van der Waals surface area contributed by atoms with E-state index in [1.807, 2.05) is 42.5 Å². The van der Waals surface area contributed by atoms with Gasteiger partial charge in [-0.15, -0.1) is 0 Å². The van der Waals surface area contributed by atoms with E-state index in [-0.39, 0.29) is 0 Å². The van der Waals surface area contributed by atoms with Crippen molar-refractivity contribution >= 4 is 0 Å². The van der Waals surface area contributed by atoms with Crippen LogP contribution in [0.15, 0.2) is 48.5 Å². The van der Waals surface area contributed by atoms with Gasteiger partial charge < -0.3 is 9.84 Å². The highest BCUT2D eigenvalue weighted by molar-refractivity contribution is 5.37. The summed E-state index contributed by atoms with van der Waals surface area (Å²) in [5, 5.41) is 10.4. The molecule has 0 spiro atoms. The third kappa shape index (κ3) is 2.54. The molecule has 0 amide bonds. The molecular formula is C16H18O2. The van der Waals surface area contributed by atoms with Gasteiger partial charge in [-0.25, -0.2) is 0 Å². The van der Waals surface area contributed by atoms with Crippen LogP contribution < -0.4 is 4.74 Å². The lowest BCUT2D eigenvalue weighted by atomic mass is 9.95. The van der Waals surface area contributed by atoms with Crippen LogP contribution in [0.25, 0.3) is 0 Å². The largest absolute Gasteiger partial charge is 0.497 e. The van der Waals surface area contributed by atoms with Gasteiger partial charge in [-0.1, -0.05) is 43.3 Å². The highest BCUT2D eigenvalue weighted by Gasteiger charge is 2.13. The van der Waals surface area contributed by atoms with Crippen LogP contribution in [0.1, 0.15) is 29.7 Å². The number of methoxy groups -OCH3 is 1. The molecule has 0 aromatic heterocycles. The average Bonchev–Trinajstić information content (AvgIpc) is 2.46. The second kappa shape index (κ2) is 5.69. The van der Waals surface area contributed by atoms with Crippen LogP contribution in [0.5, 0.6) is 5.75 Å². The minimum absolute atomic E-state index is 0.577. The predicted octanol–water partition coefficient (Wildman–Crippen LogP) is 3.34. The fourth-order valence-corrected chi connectivity index (χ4v) is 2.09. The fraction of sp³-hybridized carbons (Fsp3) is 0.250. The van der Waals surface area contributed by atoms with Crippen molar-refractivity contribution in [3.8, 4) is 5.75 Å². The van der Waals surface area contributed by atoms with Crippen molar-refractivity contribution in [2.24, 2.45) is 0 Å². The monoisotopic (exact) mass is 242 g/mol. The number of aliphatic hydroxyl groups is 1. The molecule has 0 bridgehead atoms. The maximum atomic E-state index is 10.4.